The van der Waals surface area contributed by atoms with Crippen LogP contribution in [0.15, 0.2) is 24.3 Å². The molecule has 3 N–H and O–H groups in total. The van der Waals surface area contributed by atoms with Gasteiger partial charge >= 0.3 is 0 Å². The van der Waals surface area contributed by atoms with E-state index in [1.54, 1.807) is 0 Å². The maximum atomic E-state index is 11.8. The normalized spacial score (nSPS) is 10.6. The van der Waals surface area contributed by atoms with Crippen LogP contribution in [0.25, 0.3) is 0 Å². The summed E-state index contributed by atoms with van der Waals surface area (Å²) in [6.45, 7) is 4.96. The van der Waals surface area contributed by atoms with E-state index in [0.717, 1.165) is 11.3 Å². The van der Waals surface area contributed by atoms with Crippen LogP contribution in [0.2, 0.25) is 0 Å². The van der Waals surface area contributed by atoms with Crippen molar-refractivity contribution in [1.82, 2.24) is 0 Å². The minimum absolute atomic E-state index is 0.0929. The smallest absolute Gasteiger partial charge is 0.226 e. The Labute approximate surface area is 173 Å². The third kappa shape index (κ3) is 14.6. The van der Waals surface area contributed by atoms with E-state index in [9.17, 15) is 4.79 Å². The number of ether oxygens (including phenoxy) is 5. The molecule has 0 saturated heterocycles. The fourth-order valence-corrected chi connectivity index (χ4v) is 2.12. The van der Waals surface area contributed by atoms with Crippen molar-refractivity contribution in [3.05, 3.63) is 29.8 Å². The zero-order valence-electron chi connectivity index (χ0n) is 16.9. The second kappa shape index (κ2) is 18.1. The predicted octanol–water partition coefficient (Wildman–Crippen LogP) is 1.19. The summed E-state index contributed by atoms with van der Waals surface area (Å²) in [6.07, 6.45) is 5.34. The number of nitrogens with two attached hydrogens (primary N) is 1. The lowest BCUT2D eigenvalue weighted by Gasteiger charge is -2.08. The molecular formula is C21H32N2O6. The largest absolute Gasteiger partial charge is 0.379 e. The van der Waals surface area contributed by atoms with Gasteiger partial charge in [-0.05, 0) is 17.7 Å². The van der Waals surface area contributed by atoms with E-state index < -0.39 is 0 Å². The van der Waals surface area contributed by atoms with Crippen LogP contribution >= 0.6 is 0 Å². The van der Waals surface area contributed by atoms with Crippen LogP contribution in [0.1, 0.15) is 12.0 Å². The highest BCUT2D eigenvalue weighted by molar-refractivity contribution is 5.90. The first-order valence-electron chi connectivity index (χ1n) is 9.67. The third-order valence-electron chi connectivity index (χ3n) is 3.62. The minimum atomic E-state index is -0.0929. The number of benzene rings is 1. The number of hydrogen-bond acceptors (Lipinski definition) is 7. The second-order valence-corrected chi connectivity index (χ2v) is 5.91. The molecular weight excluding hydrogens is 376 g/mol. The summed E-state index contributed by atoms with van der Waals surface area (Å²) >= 11 is 0. The van der Waals surface area contributed by atoms with Crippen LogP contribution in [0.3, 0.4) is 0 Å². The second-order valence-electron chi connectivity index (χ2n) is 5.91. The lowest BCUT2D eigenvalue weighted by Crippen LogP contribution is -2.16. The van der Waals surface area contributed by atoms with Crippen molar-refractivity contribution in [2.45, 2.75) is 13.0 Å². The number of carbonyl (C=O) groups excluding carboxylic acids is 1. The van der Waals surface area contributed by atoms with Gasteiger partial charge in [-0.15, -0.1) is 6.42 Å². The van der Waals surface area contributed by atoms with Gasteiger partial charge < -0.3 is 34.7 Å². The molecule has 0 heterocycles. The summed E-state index contributed by atoms with van der Waals surface area (Å²) < 4.78 is 26.5. The summed E-state index contributed by atoms with van der Waals surface area (Å²) in [5.74, 6) is 2.29. The monoisotopic (exact) mass is 408 g/mol. The molecule has 0 radical (unpaired) electrons. The van der Waals surface area contributed by atoms with Crippen LogP contribution in [0, 0.1) is 12.3 Å². The molecule has 0 bridgehead atoms. The average molecular weight is 408 g/mol. The molecule has 1 aromatic carbocycles. The van der Waals surface area contributed by atoms with Crippen molar-refractivity contribution in [3.8, 4) is 12.3 Å². The first-order valence-corrected chi connectivity index (χ1v) is 9.67. The van der Waals surface area contributed by atoms with Gasteiger partial charge in [0.25, 0.3) is 0 Å². The van der Waals surface area contributed by atoms with E-state index in [1.165, 1.54) is 0 Å². The molecule has 0 atom stereocenters. The van der Waals surface area contributed by atoms with Crippen molar-refractivity contribution in [1.29, 1.82) is 0 Å². The highest BCUT2D eigenvalue weighted by Gasteiger charge is 2.02. The fourth-order valence-electron chi connectivity index (χ4n) is 2.12. The lowest BCUT2D eigenvalue weighted by atomic mass is 10.2. The molecule has 0 saturated carbocycles. The van der Waals surface area contributed by atoms with E-state index in [4.69, 9.17) is 35.8 Å². The zero-order valence-corrected chi connectivity index (χ0v) is 16.9. The van der Waals surface area contributed by atoms with Crippen molar-refractivity contribution in [2.75, 3.05) is 71.4 Å². The molecule has 0 aliphatic carbocycles. The number of nitrogens with one attached hydrogen (secondary N) is 1. The molecule has 29 heavy (non-hydrogen) atoms. The number of rotatable bonds is 18. The van der Waals surface area contributed by atoms with Gasteiger partial charge in [-0.1, -0.05) is 18.1 Å². The molecule has 1 aromatic rings. The van der Waals surface area contributed by atoms with Gasteiger partial charge in [0, 0.05) is 12.2 Å². The van der Waals surface area contributed by atoms with Gasteiger partial charge in [0.15, 0.2) is 0 Å². The molecule has 0 aliphatic heterocycles. The topological polar surface area (TPSA) is 101 Å². The Balaban J connectivity index is 1.82. The summed E-state index contributed by atoms with van der Waals surface area (Å²) in [4.78, 5) is 11.8. The molecule has 0 unspecified atom stereocenters. The van der Waals surface area contributed by atoms with Gasteiger partial charge in [-0.3, -0.25) is 4.79 Å². The Morgan fingerprint density at radius 2 is 1.31 bits per heavy atom. The average Bonchev–Trinajstić information content (AvgIpc) is 2.74. The Morgan fingerprint density at radius 3 is 1.79 bits per heavy atom. The minimum Gasteiger partial charge on any atom is -0.379 e. The Kier molecular flexibility index (Phi) is 15.6. The first-order chi connectivity index (χ1) is 14.3. The Bertz CT molecular complexity index is 574. The van der Waals surface area contributed by atoms with Gasteiger partial charge in [0.1, 0.15) is 6.61 Å². The molecule has 1 amide bonds. The van der Waals surface area contributed by atoms with Crippen LogP contribution < -0.4 is 11.1 Å². The summed E-state index contributed by atoms with van der Waals surface area (Å²) in [6, 6.07) is 7.44. The van der Waals surface area contributed by atoms with Gasteiger partial charge in [-0.25, -0.2) is 0 Å². The van der Waals surface area contributed by atoms with E-state index >= 15 is 0 Å². The predicted molar refractivity (Wildman–Crippen MR) is 111 cm³/mol. The SMILES string of the molecule is C#CCOCCOCCOCCOCCOCCC(=O)Nc1ccc(CN)cc1. The van der Waals surface area contributed by atoms with Gasteiger partial charge in [0.2, 0.25) is 5.91 Å². The Morgan fingerprint density at radius 1 is 0.828 bits per heavy atom. The van der Waals surface area contributed by atoms with Gasteiger partial charge in [-0.2, -0.15) is 0 Å². The van der Waals surface area contributed by atoms with E-state index in [-0.39, 0.29) is 12.3 Å². The highest BCUT2D eigenvalue weighted by Crippen LogP contribution is 2.09. The molecule has 8 nitrogen and oxygen atoms in total. The van der Waals surface area contributed by atoms with Crippen molar-refractivity contribution >= 4 is 11.6 Å². The van der Waals surface area contributed by atoms with Crippen LogP contribution in [0.4, 0.5) is 5.69 Å². The number of anilines is 1. The molecule has 162 valence electrons. The fraction of sp³-hybridized carbons (Fsp3) is 0.571. The molecule has 0 aromatic heterocycles. The molecule has 0 aliphatic rings. The summed E-state index contributed by atoms with van der Waals surface area (Å²) in [5, 5.41) is 2.81. The molecule has 8 heteroatoms. The number of terminal acetylenes is 1. The quantitative estimate of drug-likeness (QED) is 0.278. The maximum Gasteiger partial charge on any atom is 0.226 e. The van der Waals surface area contributed by atoms with Crippen LogP contribution in [-0.2, 0) is 35.0 Å². The maximum absolute atomic E-state index is 11.8. The van der Waals surface area contributed by atoms with Crippen molar-refractivity contribution < 1.29 is 28.5 Å². The highest BCUT2D eigenvalue weighted by atomic mass is 16.6. The third-order valence-corrected chi connectivity index (χ3v) is 3.62. The van der Waals surface area contributed by atoms with E-state index in [0.29, 0.717) is 72.6 Å². The van der Waals surface area contributed by atoms with Crippen LogP contribution in [-0.4, -0.2) is 72.0 Å². The molecule has 0 spiro atoms. The molecule has 1 rings (SSSR count). The summed E-state index contributed by atoms with van der Waals surface area (Å²) in [7, 11) is 0. The first kappa shape index (κ1) is 25.0. The number of hydrogen-bond donors (Lipinski definition) is 2. The van der Waals surface area contributed by atoms with Crippen molar-refractivity contribution in [2.24, 2.45) is 5.73 Å². The number of amides is 1. The standard InChI is InChI=1S/C21H32N2O6/c1-2-8-25-10-12-27-14-16-29-17-15-28-13-11-26-9-7-21(24)23-20-5-3-19(18-22)4-6-20/h1,3-6H,7-18,22H2,(H,23,24). The summed E-state index contributed by atoms with van der Waals surface area (Å²) in [5.41, 5.74) is 7.31. The lowest BCUT2D eigenvalue weighted by molar-refractivity contribution is -0.117. The van der Waals surface area contributed by atoms with E-state index in [1.807, 2.05) is 24.3 Å². The Hall–Kier alpha value is -1.99. The number of carbonyl (C=O) groups is 1. The van der Waals surface area contributed by atoms with Gasteiger partial charge in [0.05, 0.1) is 65.9 Å². The molecule has 0 fully saturated rings. The zero-order chi connectivity index (χ0) is 21.0. The van der Waals surface area contributed by atoms with Crippen LogP contribution in [0.5, 0.6) is 0 Å². The van der Waals surface area contributed by atoms with E-state index in [2.05, 4.69) is 11.2 Å². The van der Waals surface area contributed by atoms with Crippen molar-refractivity contribution in [3.63, 3.8) is 0 Å².